The van der Waals surface area contributed by atoms with Crippen LogP contribution in [-0.4, -0.2) is 65.5 Å². The van der Waals surface area contributed by atoms with Crippen LogP contribution in [0.5, 0.6) is 0 Å². The minimum Gasteiger partial charge on any atom is -0.480 e. The molecule has 1 aliphatic heterocycles. The molecule has 6 heteroatoms. The number of carbonyl (C=O) groups excluding carboxylic acids is 1. The maximum atomic E-state index is 12.1. The zero-order valence-electron chi connectivity index (χ0n) is 12.5. The van der Waals surface area contributed by atoms with Crippen molar-refractivity contribution in [2.24, 2.45) is 11.7 Å². The molecule has 0 radical (unpaired) electrons. The van der Waals surface area contributed by atoms with Crippen molar-refractivity contribution in [1.29, 1.82) is 0 Å². The van der Waals surface area contributed by atoms with Gasteiger partial charge in [0, 0.05) is 32.6 Å². The summed E-state index contributed by atoms with van der Waals surface area (Å²) >= 11 is 0. The van der Waals surface area contributed by atoms with Gasteiger partial charge in [-0.2, -0.15) is 0 Å². The first-order valence-corrected chi connectivity index (χ1v) is 7.40. The lowest BCUT2D eigenvalue weighted by Gasteiger charge is -2.36. The van der Waals surface area contributed by atoms with Gasteiger partial charge in [-0.3, -0.25) is 14.5 Å². The van der Waals surface area contributed by atoms with E-state index in [4.69, 9.17) is 10.8 Å². The Hall–Kier alpha value is -1.14. The second kappa shape index (κ2) is 8.21. The van der Waals surface area contributed by atoms with Gasteiger partial charge < -0.3 is 15.7 Å². The molecule has 116 valence electrons. The Bertz CT molecular complexity index is 328. The maximum Gasteiger partial charge on any atom is 0.320 e. The molecular formula is C14H27N3O3. The molecule has 0 aromatic rings. The van der Waals surface area contributed by atoms with Crippen molar-refractivity contribution in [3.63, 3.8) is 0 Å². The molecule has 0 aromatic carbocycles. The van der Waals surface area contributed by atoms with Gasteiger partial charge in [-0.15, -0.1) is 0 Å². The molecule has 1 rings (SSSR count). The van der Waals surface area contributed by atoms with Crippen LogP contribution < -0.4 is 5.73 Å². The van der Waals surface area contributed by atoms with E-state index in [1.54, 1.807) is 6.92 Å². The third kappa shape index (κ3) is 5.09. The van der Waals surface area contributed by atoms with Crippen LogP contribution in [0.4, 0.5) is 0 Å². The molecule has 1 fully saturated rings. The zero-order valence-corrected chi connectivity index (χ0v) is 12.5. The number of amides is 1. The van der Waals surface area contributed by atoms with E-state index in [1.807, 2.05) is 9.80 Å². The van der Waals surface area contributed by atoms with Crippen LogP contribution in [0.2, 0.25) is 0 Å². The normalized spacial score (nSPS) is 19.6. The summed E-state index contributed by atoms with van der Waals surface area (Å²) in [7, 11) is 0. The van der Waals surface area contributed by atoms with Gasteiger partial charge in [-0.05, 0) is 32.2 Å². The highest BCUT2D eigenvalue weighted by Gasteiger charge is 2.26. The van der Waals surface area contributed by atoms with Crippen LogP contribution in [-0.2, 0) is 9.59 Å². The van der Waals surface area contributed by atoms with Gasteiger partial charge in [0.1, 0.15) is 6.04 Å². The fraction of sp³-hybridized carbons (Fsp3) is 0.857. The number of carboxylic acid groups (broad SMARTS) is 1. The van der Waals surface area contributed by atoms with Crippen LogP contribution in [0, 0.1) is 5.92 Å². The molecule has 1 saturated heterocycles. The SMILES string of the molecule is CC(CCN)CCC(=O)N1CCN(C(C)C(=O)O)CC1. The van der Waals surface area contributed by atoms with Crippen LogP contribution in [0.1, 0.15) is 33.1 Å². The predicted molar refractivity (Wildman–Crippen MR) is 77.3 cm³/mol. The van der Waals surface area contributed by atoms with E-state index in [-0.39, 0.29) is 5.91 Å². The Morgan fingerprint density at radius 1 is 1.15 bits per heavy atom. The Kier molecular flexibility index (Phi) is 6.95. The third-order valence-corrected chi connectivity index (χ3v) is 4.08. The molecule has 0 spiro atoms. The predicted octanol–water partition coefficient (Wildman–Crippen LogP) is 0.369. The van der Waals surface area contributed by atoms with Gasteiger partial charge in [-0.25, -0.2) is 0 Å². The molecule has 2 atom stereocenters. The van der Waals surface area contributed by atoms with Crippen molar-refractivity contribution in [2.75, 3.05) is 32.7 Å². The second-order valence-corrected chi connectivity index (χ2v) is 5.65. The van der Waals surface area contributed by atoms with Gasteiger partial charge in [0.25, 0.3) is 0 Å². The number of carbonyl (C=O) groups is 2. The van der Waals surface area contributed by atoms with Crippen molar-refractivity contribution in [1.82, 2.24) is 9.80 Å². The summed E-state index contributed by atoms with van der Waals surface area (Å²) in [5.41, 5.74) is 5.50. The largest absolute Gasteiger partial charge is 0.480 e. The van der Waals surface area contributed by atoms with Crippen LogP contribution in [0.25, 0.3) is 0 Å². The summed E-state index contributed by atoms with van der Waals surface area (Å²) in [4.78, 5) is 26.8. The molecule has 1 amide bonds. The van der Waals surface area contributed by atoms with Crippen molar-refractivity contribution < 1.29 is 14.7 Å². The fourth-order valence-corrected chi connectivity index (χ4v) is 2.47. The van der Waals surface area contributed by atoms with Crippen LogP contribution >= 0.6 is 0 Å². The average molecular weight is 285 g/mol. The molecular weight excluding hydrogens is 258 g/mol. The minimum absolute atomic E-state index is 0.177. The van der Waals surface area contributed by atoms with Crippen molar-refractivity contribution in [2.45, 2.75) is 39.2 Å². The highest BCUT2D eigenvalue weighted by molar-refractivity contribution is 5.76. The number of piperazine rings is 1. The van der Waals surface area contributed by atoms with E-state index >= 15 is 0 Å². The summed E-state index contributed by atoms with van der Waals surface area (Å²) in [5.74, 6) is -0.144. The van der Waals surface area contributed by atoms with Gasteiger partial charge >= 0.3 is 5.97 Å². The van der Waals surface area contributed by atoms with E-state index in [9.17, 15) is 9.59 Å². The standard InChI is InChI=1S/C14H27N3O3/c1-11(5-6-15)3-4-13(18)17-9-7-16(8-10-17)12(2)14(19)20/h11-12H,3-10,15H2,1-2H3,(H,19,20). The van der Waals surface area contributed by atoms with Gasteiger partial charge in [0.15, 0.2) is 0 Å². The number of hydrogen-bond acceptors (Lipinski definition) is 4. The maximum absolute atomic E-state index is 12.1. The van der Waals surface area contributed by atoms with E-state index in [2.05, 4.69) is 6.92 Å². The Balaban J connectivity index is 2.30. The number of aliphatic carboxylic acids is 1. The molecule has 0 aliphatic carbocycles. The van der Waals surface area contributed by atoms with Gasteiger partial charge in [0.05, 0.1) is 0 Å². The van der Waals surface area contributed by atoms with Crippen LogP contribution in [0.3, 0.4) is 0 Å². The van der Waals surface area contributed by atoms with E-state index in [0.29, 0.717) is 45.1 Å². The lowest BCUT2D eigenvalue weighted by Crippen LogP contribution is -2.53. The molecule has 1 aliphatic rings. The molecule has 0 aromatic heterocycles. The monoisotopic (exact) mass is 285 g/mol. The summed E-state index contributed by atoms with van der Waals surface area (Å²) in [5, 5.41) is 8.97. The second-order valence-electron chi connectivity index (χ2n) is 5.65. The molecule has 20 heavy (non-hydrogen) atoms. The lowest BCUT2D eigenvalue weighted by molar-refractivity contribution is -0.144. The number of hydrogen-bond donors (Lipinski definition) is 2. The first-order valence-electron chi connectivity index (χ1n) is 7.40. The first-order chi connectivity index (χ1) is 9.45. The van der Waals surface area contributed by atoms with Gasteiger partial charge in [-0.1, -0.05) is 6.92 Å². The number of nitrogens with zero attached hydrogens (tertiary/aromatic N) is 2. The van der Waals surface area contributed by atoms with E-state index < -0.39 is 12.0 Å². The highest BCUT2D eigenvalue weighted by atomic mass is 16.4. The molecule has 2 unspecified atom stereocenters. The summed E-state index contributed by atoms with van der Waals surface area (Å²) in [6, 6.07) is -0.475. The number of nitrogens with two attached hydrogens (primary N) is 1. The lowest BCUT2D eigenvalue weighted by atomic mass is 10.0. The number of carboxylic acids is 1. The molecule has 6 nitrogen and oxygen atoms in total. The highest BCUT2D eigenvalue weighted by Crippen LogP contribution is 2.13. The van der Waals surface area contributed by atoms with Crippen molar-refractivity contribution in [3.05, 3.63) is 0 Å². The molecule has 0 bridgehead atoms. The first kappa shape index (κ1) is 16.9. The summed E-state index contributed by atoms with van der Waals surface area (Å²) in [6.45, 7) is 7.00. The number of rotatable bonds is 7. The molecule has 1 heterocycles. The van der Waals surface area contributed by atoms with Gasteiger partial charge in [0.2, 0.25) is 5.91 Å². The smallest absolute Gasteiger partial charge is 0.320 e. The molecule has 3 N–H and O–H groups in total. The minimum atomic E-state index is -0.805. The van der Waals surface area contributed by atoms with Crippen molar-refractivity contribution in [3.8, 4) is 0 Å². The third-order valence-electron chi connectivity index (χ3n) is 4.08. The average Bonchev–Trinajstić information content (AvgIpc) is 2.44. The fourth-order valence-electron chi connectivity index (χ4n) is 2.47. The summed E-state index contributed by atoms with van der Waals surface area (Å²) in [6.07, 6.45) is 2.40. The molecule has 0 saturated carbocycles. The van der Waals surface area contributed by atoms with E-state index in [1.165, 1.54) is 0 Å². The topological polar surface area (TPSA) is 86.9 Å². The Morgan fingerprint density at radius 2 is 1.75 bits per heavy atom. The zero-order chi connectivity index (χ0) is 15.1. The van der Waals surface area contributed by atoms with Crippen LogP contribution in [0.15, 0.2) is 0 Å². The van der Waals surface area contributed by atoms with Crippen molar-refractivity contribution >= 4 is 11.9 Å². The summed E-state index contributed by atoms with van der Waals surface area (Å²) < 4.78 is 0. The Morgan fingerprint density at radius 3 is 2.25 bits per heavy atom. The Labute approximate surface area is 120 Å². The quantitative estimate of drug-likeness (QED) is 0.705. The van der Waals surface area contributed by atoms with E-state index in [0.717, 1.165) is 12.8 Å².